The molecule has 0 heterocycles. The molecule has 0 N–H and O–H groups in total. The fraction of sp³-hybridized carbons (Fsp3) is 0.333. The first-order valence-electron chi connectivity index (χ1n) is 2.39. The van der Waals surface area contributed by atoms with Crippen molar-refractivity contribution in [2.75, 3.05) is 14.2 Å². The highest BCUT2D eigenvalue weighted by Crippen LogP contribution is 1.67. The molecule has 0 amide bonds. The van der Waals surface area contributed by atoms with Gasteiger partial charge in [-0.05, 0) is 0 Å². The van der Waals surface area contributed by atoms with E-state index < -0.39 is 5.97 Å². The van der Waals surface area contributed by atoms with E-state index in [4.69, 9.17) is 4.79 Å². The maximum absolute atomic E-state index is 9.84. The maximum atomic E-state index is 9.84. The number of hydrogen-bond acceptors (Lipinski definition) is 4. The largest absolute Gasteiger partial charge is 0.471 e. The molecule has 0 rings (SSSR count). The minimum atomic E-state index is -0.394. The van der Waals surface area contributed by atoms with E-state index >= 15 is 0 Å². The van der Waals surface area contributed by atoms with Crippen LogP contribution in [0.1, 0.15) is 0 Å². The molecule has 0 fully saturated rings. The van der Waals surface area contributed by atoms with Crippen molar-refractivity contribution in [2.24, 2.45) is 0 Å². The molecule has 0 radical (unpaired) electrons. The lowest BCUT2D eigenvalue weighted by atomic mass is 10.7. The van der Waals surface area contributed by atoms with Crippen molar-refractivity contribution < 1.29 is 19.1 Å². The number of ether oxygens (including phenoxy) is 2. The first-order valence-corrected chi connectivity index (χ1v) is 2.39. The summed E-state index contributed by atoms with van der Waals surface area (Å²) in [5, 5.41) is 0. The maximum Gasteiger partial charge on any atom is 0.329 e. The van der Waals surface area contributed by atoms with Crippen molar-refractivity contribution in [3.8, 4) is 0 Å². The molecule has 58 valence electrons. The van der Waals surface area contributed by atoms with E-state index in [0.717, 1.165) is 6.08 Å². The summed E-state index contributed by atoms with van der Waals surface area (Å²) in [5.41, 5.74) is 0. The molecule has 0 aromatic heterocycles. The molecule has 0 spiro atoms. The van der Waals surface area contributed by atoms with E-state index in [2.05, 4.69) is 16.1 Å². The van der Waals surface area contributed by atoms with Crippen LogP contribution < -0.4 is 0 Å². The second kappa shape index (κ2) is 10.6. The van der Waals surface area contributed by atoms with Gasteiger partial charge in [-0.25, -0.2) is 4.79 Å². The van der Waals surface area contributed by atoms with Gasteiger partial charge in [-0.15, -0.1) is 0 Å². The lowest BCUT2D eigenvalue weighted by Gasteiger charge is -1.83. The predicted octanol–water partition coefficient (Wildman–Crippen LogP) is 0.135. The molecule has 0 saturated heterocycles. The summed E-state index contributed by atoms with van der Waals surface area (Å²) >= 11 is 0. The van der Waals surface area contributed by atoms with Gasteiger partial charge in [-0.3, -0.25) is 4.79 Å². The van der Waals surface area contributed by atoms with Crippen LogP contribution in [0.15, 0.2) is 12.7 Å². The Morgan fingerprint density at radius 2 is 1.90 bits per heavy atom. The smallest absolute Gasteiger partial charge is 0.329 e. The monoisotopic (exact) mass is 146 g/mol. The summed E-state index contributed by atoms with van der Waals surface area (Å²) < 4.78 is 8.00. The Morgan fingerprint density at radius 3 is 1.90 bits per heavy atom. The number of carbonyl (C=O) groups is 2. The first-order chi connectivity index (χ1) is 4.72. The highest BCUT2D eigenvalue weighted by Gasteiger charge is 1.81. The zero-order valence-electron chi connectivity index (χ0n) is 5.99. The Bertz CT molecular complexity index is 108. The van der Waals surface area contributed by atoms with Crippen LogP contribution in [-0.4, -0.2) is 26.7 Å². The van der Waals surface area contributed by atoms with Crippen LogP contribution in [0, 0.1) is 0 Å². The van der Waals surface area contributed by atoms with Gasteiger partial charge in [-0.1, -0.05) is 6.58 Å². The van der Waals surface area contributed by atoms with Crippen molar-refractivity contribution in [3.05, 3.63) is 12.7 Å². The lowest BCUT2D eigenvalue weighted by Crippen LogP contribution is -1.91. The van der Waals surface area contributed by atoms with Crippen LogP contribution in [0.3, 0.4) is 0 Å². The molecule has 0 bridgehead atoms. The summed E-state index contributed by atoms with van der Waals surface area (Å²) in [6, 6.07) is 0. The third kappa shape index (κ3) is 15.9. The Hall–Kier alpha value is -1.32. The molecule has 0 aromatic rings. The van der Waals surface area contributed by atoms with E-state index in [1.54, 1.807) is 0 Å². The van der Waals surface area contributed by atoms with Crippen LogP contribution in [0.4, 0.5) is 0 Å². The average molecular weight is 146 g/mol. The minimum Gasteiger partial charge on any atom is -0.471 e. The average Bonchev–Trinajstić information content (AvgIpc) is 2.03. The molecule has 0 aromatic carbocycles. The lowest BCUT2D eigenvalue weighted by molar-refractivity contribution is -0.134. The van der Waals surface area contributed by atoms with E-state index in [1.165, 1.54) is 14.2 Å². The van der Waals surface area contributed by atoms with Gasteiger partial charge in [0, 0.05) is 6.08 Å². The molecule has 0 saturated carbocycles. The minimum absolute atomic E-state index is 0.375. The van der Waals surface area contributed by atoms with Crippen molar-refractivity contribution >= 4 is 12.4 Å². The van der Waals surface area contributed by atoms with Crippen LogP contribution >= 0.6 is 0 Å². The third-order valence-electron chi connectivity index (χ3n) is 0.464. The number of methoxy groups -OCH3 is 2. The number of esters is 1. The molecule has 10 heavy (non-hydrogen) atoms. The summed E-state index contributed by atoms with van der Waals surface area (Å²) in [6.07, 6.45) is 1.11. The first kappa shape index (κ1) is 11.5. The summed E-state index contributed by atoms with van der Waals surface area (Å²) in [6.45, 7) is 3.53. The van der Waals surface area contributed by atoms with E-state index in [9.17, 15) is 4.79 Å². The van der Waals surface area contributed by atoms with Gasteiger partial charge >= 0.3 is 5.97 Å². The second-order valence-corrected chi connectivity index (χ2v) is 1.06. The molecule has 0 atom stereocenters. The van der Waals surface area contributed by atoms with Gasteiger partial charge in [0.1, 0.15) is 0 Å². The Labute approximate surface area is 59.4 Å². The molecule has 0 aliphatic rings. The zero-order chi connectivity index (χ0) is 8.41. The van der Waals surface area contributed by atoms with Crippen LogP contribution in [-0.2, 0) is 19.1 Å². The SMILES string of the molecule is C=CC(=O)OC.COC=O. The quantitative estimate of drug-likeness (QED) is 0.316. The third-order valence-corrected chi connectivity index (χ3v) is 0.464. The van der Waals surface area contributed by atoms with Crippen LogP contribution in [0.25, 0.3) is 0 Å². The molecule has 0 aliphatic carbocycles. The molecule has 0 unspecified atom stereocenters. The van der Waals surface area contributed by atoms with Gasteiger partial charge in [0.15, 0.2) is 0 Å². The van der Waals surface area contributed by atoms with Crippen LogP contribution in [0.5, 0.6) is 0 Å². The van der Waals surface area contributed by atoms with Gasteiger partial charge in [0.25, 0.3) is 6.47 Å². The molecular weight excluding hydrogens is 136 g/mol. The summed E-state index contributed by atoms with van der Waals surface area (Å²) in [4.78, 5) is 18.8. The van der Waals surface area contributed by atoms with Crippen molar-refractivity contribution in [3.63, 3.8) is 0 Å². The Kier molecular flexibility index (Phi) is 12.2. The number of hydrogen-bond donors (Lipinski definition) is 0. The Morgan fingerprint density at radius 1 is 1.50 bits per heavy atom. The highest BCUT2D eigenvalue weighted by molar-refractivity contribution is 5.80. The van der Waals surface area contributed by atoms with Crippen LogP contribution in [0.2, 0.25) is 0 Å². The Balaban J connectivity index is 0. The van der Waals surface area contributed by atoms with E-state index in [1.807, 2.05) is 0 Å². The standard InChI is InChI=1S/C4H6O2.C2H4O2/c1-3-4(5)6-2;1-4-2-3/h3H,1H2,2H3;2H,1H3. The fourth-order valence-corrected chi connectivity index (χ4v) is 0.0833. The summed E-state index contributed by atoms with van der Waals surface area (Å²) in [5.74, 6) is -0.394. The molecular formula is C6H10O4. The highest BCUT2D eigenvalue weighted by atomic mass is 16.5. The van der Waals surface area contributed by atoms with Gasteiger partial charge < -0.3 is 9.47 Å². The number of carbonyl (C=O) groups excluding carboxylic acids is 2. The molecule has 4 heteroatoms. The van der Waals surface area contributed by atoms with Gasteiger partial charge in [-0.2, -0.15) is 0 Å². The summed E-state index contributed by atoms with van der Waals surface area (Å²) in [7, 11) is 2.62. The predicted molar refractivity (Wildman–Crippen MR) is 35.3 cm³/mol. The fourth-order valence-electron chi connectivity index (χ4n) is 0.0833. The van der Waals surface area contributed by atoms with Crippen molar-refractivity contribution in [2.45, 2.75) is 0 Å². The zero-order valence-corrected chi connectivity index (χ0v) is 5.99. The van der Waals surface area contributed by atoms with E-state index in [-0.39, 0.29) is 0 Å². The second-order valence-electron chi connectivity index (χ2n) is 1.06. The number of rotatable bonds is 2. The van der Waals surface area contributed by atoms with Crippen molar-refractivity contribution in [1.82, 2.24) is 0 Å². The topological polar surface area (TPSA) is 52.6 Å². The van der Waals surface area contributed by atoms with Crippen molar-refractivity contribution in [1.29, 1.82) is 0 Å². The molecule has 0 aliphatic heterocycles. The van der Waals surface area contributed by atoms with Gasteiger partial charge in [0.05, 0.1) is 14.2 Å². The normalized spacial score (nSPS) is 6.20. The molecule has 4 nitrogen and oxygen atoms in total. The van der Waals surface area contributed by atoms with E-state index in [0.29, 0.717) is 6.47 Å². The van der Waals surface area contributed by atoms with Gasteiger partial charge in [0.2, 0.25) is 0 Å².